The van der Waals surface area contributed by atoms with Crippen molar-refractivity contribution in [3.8, 4) is 22.6 Å². The highest BCUT2D eigenvalue weighted by atomic mass is 19.4. The molecule has 1 amide bonds. The van der Waals surface area contributed by atoms with Crippen LogP contribution in [0.25, 0.3) is 11.1 Å². The number of benzene rings is 2. The Bertz CT molecular complexity index is 1540. The number of fused-ring (bicyclic) bond motifs is 1. The van der Waals surface area contributed by atoms with Gasteiger partial charge in [0.1, 0.15) is 17.3 Å². The van der Waals surface area contributed by atoms with Gasteiger partial charge in [-0.2, -0.15) is 18.3 Å². The molecule has 1 aliphatic rings. The number of hydrogen-bond donors (Lipinski definition) is 0. The van der Waals surface area contributed by atoms with E-state index in [-0.39, 0.29) is 18.0 Å². The molecule has 4 aromatic rings. The number of hydrogen-bond acceptors (Lipinski definition) is 5. The fraction of sp³-hybridized carbons (Fsp3) is 0.321. The molecule has 0 atom stereocenters. The summed E-state index contributed by atoms with van der Waals surface area (Å²) < 4.78 is 55.7. The second-order valence-electron chi connectivity index (χ2n) is 9.49. The third-order valence-electron chi connectivity index (χ3n) is 6.98. The first-order valence-corrected chi connectivity index (χ1v) is 12.3. The van der Waals surface area contributed by atoms with Crippen molar-refractivity contribution >= 4 is 5.91 Å². The molecule has 0 fully saturated rings. The number of aryl methyl sites for hydroxylation is 2. The first-order chi connectivity index (χ1) is 18.6. The minimum atomic E-state index is -4.64. The largest absolute Gasteiger partial charge is 0.497 e. The van der Waals surface area contributed by atoms with E-state index in [4.69, 9.17) is 9.47 Å². The number of carbonyl (C=O) groups excluding carboxylic acids is 1. The maximum atomic E-state index is 14.0. The van der Waals surface area contributed by atoms with E-state index in [2.05, 4.69) is 10.1 Å². The van der Waals surface area contributed by atoms with Crippen LogP contribution in [-0.2, 0) is 32.7 Å². The van der Waals surface area contributed by atoms with Gasteiger partial charge in [-0.15, -0.1) is 0 Å². The van der Waals surface area contributed by atoms with Crippen molar-refractivity contribution in [3.05, 3.63) is 82.7 Å². The molecule has 0 spiro atoms. The van der Waals surface area contributed by atoms with E-state index in [0.29, 0.717) is 53.3 Å². The summed E-state index contributed by atoms with van der Waals surface area (Å²) in [5.41, 5.74) is 1.82. The lowest BCUT2D eigenvalue weighted by molar-refractivity contribution is -0.140. The zero-order valence-electron chi connectivity index (χ0n) is 22.0. The molecule has 5 rings (SSSR count). The molecule has 0 aliphatic carbocycles. The number of imidazole rings is 1. The molecular weight excluding hydrogens is 511 g/mol. The zero-order chi connectivity index (χ0) is 27.9. The molecule has 0 bridgehead atoms. The van der Waals surface area contributed by atoms with Crippen LogP contribution in [-0.4, -0.2) is 50.9 Å². The molecule has 8 nitrogen and oxygen atoms in total. The van der Waals surface area contributed by atoms with Crippen molar-refractivity contribution in [3.63, 3.8) is 0 Å². The van der Waals surface area contributed by atoms with Gasteiger partial charge in [0.15, 0.2) is 5.69 Å². The van der Waals surface area contributed by atoms with E-state index in [0.717, 1.165) is 16.1 Å². The molecular formula is C28H28F3N5O3. The summed E-state index contributed by atoms with van der Waals surface area (Å²) >= 11 is 0. The number of methoxy groups -OCH3 is 2. The maximum Gasteiger partial charge on any atom is 0.435 e. The highest BCUT2D eigenvalue weighted by Gasteiger charge is 2.39. The van der Waals surface area contributed by atoms with Crippen LogP contribution >= 0.6 is 0 Å². The number of ether oxygens (including phenoxy) is 2. The topological polar surface area (TPSA) is 74.4 Å². The number of amides is 1. The summed E-state index contributed by atoms with van der Waals surface area (Å²) in [5, 5.41) is 3.71. The average molecular weight is 540 g/mol. The molecule has 0 N–H and O–H groups in total. The molecule has 0 saturated heterocycles. The predicted molar refractivity (Wildman–Crippen MR) is 138 cm³/mol. The Morgan fingerprint density at radius 2 is 1.79 bits per heavy atom. The van der Waals surface area contributed by atoms with Gasteiger partial charge >= 0.3 is 6.18 Å². The summed E-state index contributed by atoms with van der Waals surface area (Å²) in [6, 6.07) is 8.91. The lowest BCUT2D eigenvalue weighted by Gasteiger charge is -2.31. The van der Waals surface area contributed by atoms with E-state index in [1.807, 2.05) is 17.6 Å². The second kappa shape index (κ2) is 10.1. The summed E-state index contributed by atoms with van der Waals surface area (Å²) in [6.45, 7) is 2.83. The Kier molecular flexibility index (Phi) is 6.83. The number of aromatic nitrogens is 4. The number of rotatable bonds is 7. The number of carbonyl (C=O) groups is 1. The third kappa shape index (κ3) is 5.08. The zero-order valence-corrected chi connectivity index (χ0v) is 22.0. The quantitative estimate of drug-likeness (QED) is 0.335. The molecule has 11 heteroatoms. The van der Waals surface area contributed by atoms with Crippen LogP contribution in [0.3, 0.4) is 0 Å². The molecule has 204 valence electrons. The highest BCUT2D eigenvalue weighted by molar-refractivity contribution is 5.99. The van der Waals surface area contributed by atoms with Crippen LogP contribution in [0.15, 0.2) is 48.9 Å². The molecule has 39 heavy (non-hydrogen) atoms. The van der Waals surface area contributed by atoms with Gasteiger partial charge in [-0.05, 0) is 54.3 Å². The van der Waals surface area contributed by atoms with Crippen LogP contribution in [0.1, 0.15) is 38.6 Å². The van der Waals surface area contributed by atoms with E-state index in [9.17, 15) is 18.0 Å². The van der Waals surface area contributed by atoms with Crippen molar-refractivity contribution in [2.45, 2.75) is 32.6 Å². The van der Waals surface area contributed by atoms with Gasteiger partial charge in [0, 0.05) is 68.0 Å². The standard InChI is InChI=1S/C28H28F3N5O3/c1-17-32-8-10-35(17)14-18-11-22(24-16-34(2)33-26(24)28(29,30)31)21-7-9-36(27(37)23(21)12-18)15-19-5-6-20(38-3)13-25(19)39-4/h5-6,8,10-13,16H,7,9,14-15H2,1-4H3. The summed E-state index contributed by atoms with van der Waals surface area (Å²) in [7, 11) is 4.57. The summed E-state index contributed by atoms with van der Waals surface area (Å²) in [6.07, 6.45) is 0.571. The van der Waals surface area contributed by atoms with Crippen LogP contribution in [0.2, 0.25) is 0 Å². The number of nitrogens with zero attached hydrogens (tertiary/aromatic N) is 5. The van der Waals surface area contributed by atoms with Crippen molar-refractivity contribution in [1.82, 2.24) is 24.2 Å². The molecule has 3 heterocycles. The Labute approximate surface area is 223 Å². The Balaban J connectivity index is 1.59. The molecule has 1 aliphatic heterocycles. The van der Waals surface area contributed by atoms with E-state index in [1.165, 1.54) is 13.2 Å². The maximum absolute atomic E-state index is 14.0. The van der Waals surface area contributed by atoms with Gasteiger partial charge in [0.25, 0.3) is 5.91 Å². The molecule has 0 saturated carbocycles. The van der Waals surface area contributed by atoms with Gasteiger partial charge in [0.05, 0.1) is 14.2 Å². The van der Waals surface area contributed by atoms with E-state index in [1.54, 1.807) is 55.8 Å². The number of alkyl halides is 3. The molecule has 0 radical (unpaired) electrons. The van der Waals surface area contributed by atoms with Crippen molar-refractivity contribution in [1.29, 1.82) is 0 Å². The third-order valence-corrected chi connectivity index (χ3v) is 6.98. The van der Waals surface area contributed by atoms with Crippen LogP contribution in [0.4, 0.5) is 13.2 Å². The Hall–Kier alpha value is -4.28. The first kappa shape index (κ1) is 26.3. The SMILES string of the molecule is COc1ccc(CN2CCc3c(cc(Cn4ccnc4C)cc3-c3cn(C)nc3C(F)(F)F)C2=O)c(OC)c1. The average Bonchev–Trinajstić information content (AvgIpc) is 3.50. The summed E-state index contributed by atoms with van der Waals surface area (Å²) in [4.78, 5) is 19.8. The molecule has 2 aromatic heterocycles. The minimum Gasteiger partial charge on any atom is -0.497 e. The van der Waals surface area contributed by atoms with Gasteiger partial charge in [-0.1, -0.05) is 0 Å². The van der Waals surface area contributed by atoms with Gasteiger partial charge in [-0.3, -0.25) is 9.48 Å². The predicted octanol–water partition coefficient (Wildman–Crippen LogP) is 4.87. The highest BCUT2D eigenvalue weighted by Crippen LogP contribution is 2.40. The van der Waals surface area contributed by atoms with Crippen molar-refractivity contribution in [2.75, 3.05) is 20.8 Å². The van der Waals surface area contributed by atoms with Crippen LogP contribution in [0.5, 0.6) is 11.5 Å². The van der Waals surface area contributed by atoms with Gasteiger partial charge in [-0.25, -0.2) is 4.98 Å². The van der Waals surface area contributed by atoms with E-state index < -0.39 is 11.9 Å². The monoisotopic (exact) mass is 539 g/mol. The Morgan fingerprint density at radius 1 is 1.03 bits per heavy atom. The van der Waals surface area contributed by atoms with Crippen LogP contribution < -0.4 is 9.47 Å². The molecule has 0 unspecified atom stereocenters. The minimum absolute atomic E-state index is 0.0384. The summed E-state index contributed by atoms with van der Waals surface area (Å²) in [5.74, 6) is 1.72. The van der Waals surface area contributed by atoms with E-state index >= 15 is 0 Å². The van der Waals surface area contributed by atoms with Crippen LogP contribution in [0, 0.1) is 6.92 Å². The van der Waals surface area contributed by atoms with Crippen molar-refractivity contribution < 1.29 is 27.4 Å². The lowest BCUT2D eigenvalue weighted by atomic mass is 9.88. The fourth-order valence-corrected chi connectivity index (χ4v) is 5.04. The lowest BCUT2D eigenvalue weighted by Crippen LogP contribution is -2.37. The number of halogens is 3. The van der Waals surface area contributed by atoms with Crippen molar-refractivity contribution in [2.24, 2.45) is 7.05 Å². The van der Waals surface area contributed by atoms with Gasteiger partial charge < -0.3 is 18.9 Å². The fourth-order valence-electron chi connectivity index (χ4n) is 5.04. The smallest absolute Gasteiger partial charge is 0.435 e. The normalized spacial score (nSPS) is 13.5. The Morgan fingerprint density at radius 3 is 2.46 bits per heavy atom. The molecule has 2 aromatic carbocycles. The first-order valence-electron chi connectivity index (χ1n) is 12.3. The second-order valence-corrected chi connectivity index (χ2v) is 9.49. The van der Waals surface area contributed by atoms with Gasteiger partial charge in [0.2, 0.25) is 0 Å².